The standard InChI is InChI=1S/C12H32O2Si3/c1-11(15(3,4)5)14-17(9,10)12(2)13-16(6,7)8/h11-12H,1-10H3/t11-,12?/m0/s1. The van der Waals surface area contributed by atoms with Gasteiger partial charge in [-0.25, -0.2) is 0 Å². The Labute approximate surface area is 111 Å². The summed E-state index contributed by atoms with van der Waals surface area (Å²) in [6.07, 6.45) is 0. The summed E-state index contributed by atoms with van der Waals surface area (Å²) in [6.45, 7) is 22.8. The molecule has 0 saturated heterocycles. The molecular formula is C12H32O2Si3. The van der Waals surface area contributed by atoms with Crippen molar-refractivity contribution in [1.82, 2.24) is 0 Å². The van der Waals surface area contributed by atoms with Crippen LogP contribution in [0.3, 0.4) is 0 Å². The Morgan fingerprint density at radius 1 is 0.647 bits per heavy atom. The molecule has 0 heterocycles. The minimum atomic E-state index is -1.74. The minimum Gasteiger partial charge on any atom is -0.415 e. The highest BCUT2D eigenvalue weighted by Crippen LogP contribution is 2.23. The molecule has 0 aromatic carbocycles. The van der Waals surface area contributed by atoms with Crippen molar-refractivity contribution in [2.45, 2.75) is 77.7 Å². The molecule has 0 rings (SSSR count). The third kappa shape index (κ3) is 6.91. The van der Waals surface area contributed by atoms with Crippen LogP contribution in [-0.4, -0.2) is 36.2 Å². The van der Waals surface area contributed by atoms with Gasteiger partial charge in [0.25, 0.3) is 0 Å². The number of rotatable bonds is 6. The van der Waals surface area contributed by atoms with Crippen molar-refractivity contribution < 1.29 is 8.85 Å². The maximum absolute atomic E-state index is 6.41. The van der Waals surface area contributed by atoms with Crippen molar-refractivity contribution >= 4 is 24.7 Å². The van der Waals surface area contributed by atoms with Crippen LogP contribution in [0.5, 0.6) is 0 Å². The highest BCUT2D eigenvalue weighted by atomic mass is 28.4. The van der Waals surface area contributed by atoms with Crippen LogP contribution in [0.25, 0.3) is 0 Å². The Hall–Kier alpha value is 0.571. The molecule has 0 saturated carbocycles. The maximum Gasteiger partial charge on any atom is 0.213 e. The van der Waals surface area contributed by atoms with Crippen molar-refractivity contribution in [3.8, 4) is 0 Å². The third-order valence-corrected chi connectivity index (χ3v) is 10.3. The molecular weight excluding hydrogens is 260 g/mol. The average molecular weight is 293 g/mol. The van der Waals surface area contributed by atoms with Gasteiger partial charge in [-0.15, -0.1) is 0 Å². The lowest BCUT2D eigenvalue weighted by Crippen LogP contribution is -2.54. The summed E-state index contributed by atoms with van der Waals surface area (Å²) in [4.78, 5) is 0. The second-order valence-corrected chi connectivity index (χ2v) is 21.9. The zero-order chi connectivity index (χ0) is 14.1. The van der Waals surface area contributed by atoms with Crippen LogP contribution in [0.2, 0.25) is 52.4 Å². The molecule has 0 aromatic rings. The fourth-order valence-electron chi connectivity index (χ4n) is 1.40. The van der Waals surface area contributed by atoms with Gasteiger partial charge in [-0.3, -0.25) is 0 Å². The SMILES string of the molecule is CC(O[Si](C)(C)C)[Si](C)(C)O[C@H](C)[Si](C)(C)C. The molecule has 0 bridgehead atoms. The summed E-state index contributed by atoms with van der Waals surface area (Å²) in [7, 11) is -4.41. The van der Waals surface area contributed by atoms with Crippen LogP contribution in [0.15, 0.2) is 0 Å². The Kier molecular flexibility index (Phi) is 5.88. The van der Waals surface area contributed by atoms with E-state index >= 15 is 0 Å². The molecule has 0 spiro atoms. The van der Waals surface area contributed by atoms with Crippen LogP contribution in [0, 0.1) is 0 Å². The van der Waals surface area contributed by atoms with Gasteiger partial charge in [0, 0.05) is 5.73 Å². The van der Waals surface area contributed by atoms with E-state index in [-0.39, 0.29) is 5.73 Å². The zero-order valence-electron chi connectivity index (χ0n) is 13.5. The molecule has 1 unspecified atom stereocenters. The monoisotopic (exact) mass is 292 g/mol. The summed E-state index contributed by atoms with van der Waals surface area (Å²) >= 11 is 0. The lowest BCUT2D eigenvalue weighted by molar-refractivity contribution is 0.206. The Bertz CT molecular complexity index is 241. The Morgan fingerprint density at radius 3 is 1.35 bits per heavy atom. The summed E-state index contributed by atoms with van der Waals surface area (Å²) in [5, 5.41) is 0. The summed E-state index contributed by atoms with van der Waals surface area (Å²) < 4.78 is 12.6. The molecule has 2 atom stereocenters. The third-order valence-electron chi connectivity index (χ3n) is 3.21. The van der Waals surface area contributed by atoms with E-state index in [1.54, 1.807) is 0 Å². The molecule has 17 heavy (non-hydrogen) atoms. The van der Waals surface area contributed by atoms with Gasteiger partial charge in [-0.1, -0.05) is 19.6 Å². The molecule has 0 fully saturated rings. The van der Waals surface area contributed by atoms with Gasteiger partial charge >= 0.3 is 0 Å². The fourth-order valence-corrected chi connectivity index (χ4v) is 8.09. The smallest absolute Gasteiger partial charge is 0.213 e. The van der Waals surface area contributed by atoms with Crippen LogP contribution in [0.4, 0.5) is 0 Å². The Morgan fingerprint density at radius 2 is 1.06 bits per heavy atom. The van der Waals surface area contributed by atoms with Crippen LogP contribution in [0.1, 0.15) is 13.8 Å². The molecule has 0 aliphatic heterocycles. The molecule has 2 nitrogen and oxygen atoms in total. The predicted molar refractivity (Wildman–Crippen MR) is 85.3 cm³/mol. The van der Waals surface area contributed by atoms with Crippen LogP contribution < -0.4 is 0 Å². The van der Waals surface area contributed by atoms with E-state index in [1.807, 2.05) is 0 Å². The van der Waals surface area contributed by atoms with E-state index in [0.29, 0.717) is 5.73 Å². The summed E-state index contributed by atoms with van der Waals surface area (Å²) in [5.41, 5.74) is 0.699. The van der Waals surface area contributed by atoms with E-state index in [9.17, 15) is 0 Å². The first-order valence-electron chi connectivity index (χ1n) is 6.61. The molecule has 0 amide bonds. The fraction of sp³-hybridized carbons (Fsp3) is 1.00. The average Bonchev–Trinajstić information content (AvgIpc) is 1.97. The topological polar surface area (TPSA) is 18.5 Å². The van der Waals surface area contributed by atoms with Gasteiger partial charge in [-0.2, -0.15) is 0 Å². The predicted octanol–water partition coefficient (Wildman–Crippen LogP) is 4.25. The maximum atomic E-state index is 6.41. The van der Waals surface area contributed by atoms with Crippen LogP contribution >= 0.6 is 0 Å². The number of hydrogen-bond donors (Lipinski definition) is 0. The van der Waals surface area contributed by atoms with Crippen molar-refractivity contribution in [1.29, 1.82) is 0 Å². The van der Waals surface area contributed by atoms with E-state index in [2.05, 4.69) is 66.2 Å². The van der Waals surface area contributed by atoms with Gasteiger partial charge in [0.15, 0.2) is 8.32 Å². The molecule has 5 heteroatoms. The lowest BCUT2D eigenvalue weighted by Gasteiger charge is -2.39. The second kappa shape index (κ2) is 5.69. The van der Waals surface area contributed by atoms with Gasteiger partial charge in [0.05, 0.1) is 13.8 Å². The second-order valence-electron chi connectivity index (χ2n) is 7.60. The highest BCUT2D eigenvalue weighted by molar-refractivity contribution is 6.80. The zero-order valence-corrected chi connectivity index (χ0v) is 16.5. The largest absolute Gasteiger partial charge is 0.415 e. The van der Waals surface area contributed by atoms with E-state index < -0.39 is 24.7 Å². The minimum absolute atomic E-state index is 0.285. The Balaban J connectivity index is 4.57. The van der Waals surface area contributed by atoms with E-state index in [0.717, 1.165) is 0 Å². The summed E-state index contributed by atoms with van der Waals surface area (Å²) in [5.74, 6) is 0. The molecule has 0 aromatic heterocycles. The number of hydrogen-bond acceptors (Lipinski definition) is 2. The van der Waals surface area contributed by atoms with Crippen molar-refractivity contribution in [3.05, 3.63) is 0 Å². The normalized spacial score (nSPS) is 18.0. The first-order chi connectivity index (χ1) is 7.26. The molecule has 0 aliphatic rings. The van der Waals surface area contributed by atoms with Crippen molar-refractivity contribution in [2.24, 2.45) is 0 Å². The molecule has 0 aliphatic carbocycles. The molecule has 104 valence electrons. The lowest BCUT2D eigenvalue weighted by atomic mass is 10.9. The van der Waals surface area contributed by atoms with Gasteiger partial charge in [0.1, 0.15) is 0 Å². The van der Waals surface area contributed by atoms with E-state index in [1.165, 1.54) is 0 Å². The van der Waals surface area contributed by atoms with Crippen molar-refractivity contribution in [2.75, 3.05) is 0 Å². The molecule has 0 radical (unpaired) electrons. The van der Waals surface area contributed by atoms with E-state index in [4.69, 9.17) is 8.85 Å². The van der Waals surface area contributed by atoms with Gasteiger partial charge < -0.3 is 8.85 Å². The quantitative estimate of drug-likeness (QED) is 0.681. The first-order valence-corrected chi connectivity index (χ1v) is 16.6. The van der Waals surface area contributed by atoms with Crippen molar-refractivity contribution in [3.63, 3.8) is 0 Å². The van der Waals surface area contributed by atoms with Gasteiger partial charge in [0.2, 0.25) is 8.32 Å². The first kappa shape index (κ1) is 17.6. The van der Waals surface area contributed by atoms with Gasteiger partial charge in [-0.05, 0) is 46.6 Å². The van der Waals surface area contributed by atoms with Crippen LogP contribution in [-0.2, 0) is 8.85 Å². The summed E-state index contributed by atoms with van der Waals surface area (Å²) in [6, 6.07) is 0. The highest BCUT2D eigenvalue weighted by Gasteiger charge is 2.38. The molecule has 0 N–H and O–H groups in total.